The molecule has 0 aliphatic carbocycles. The molecule has 0 atom stereocenters. The van der Waals surface area contributed by atoms with Crippen molar-refractivity contribution in [3.05, 3.63) is 18.0 Å². The lowest BCUT2D eigenvalue weighted by molar-refractivity contribution is -0.0239. The molecule has 17 heavy (non-hydrogen) atoms. The van der Waals surface area contributed by atoms with E-state index >= 15 is 0 Å². The molecule has 0 saturated heterocycles. The first-order chi connectivity index (χ1) is 8.02. The number of nitrogens with zero attached hydrogens (tertiary/aromatic N) is 2. The second kappa shape index (κ2) is 6.17. The molecule has 0 saturated carbocycles. The lowest BCUT2D eigenvalue weighted by Gasteiger charge is -2.22. The van der Waals surface area contributed by atoms with Crippen LogP contribution < -0.4 is 5.73 Å². The quantitative estimate of drug-likeness (QED) is 0.795. The summed E-state index contributed by atoms with van der Waals surface area (Å²) in [5, 5.41) is 4.54. The Kier molecular flexibility index (Phi) is 5.15. The highest BCUT2D eigenvalue weighted by molar-refractivity contribution is 4.98. The number of rotatable bonds is 7. The zero-order valence-electron chi connectivity index (χ0n) is 11.4. The van der Waals surface area contributed by atoms with E-state index in [4.69, 9.17) is 10.5 Å². The first kappa shape index (κ1) is 14.2. The summed E-state index contributed by atoms with van der Waals surface area (Å²) in [6.45, 7) is 9.39. The third-order valence-corrected chi connectivity index (χ3v) is 3.08. The molecule has 0 radical (unpaired) electrons. The van der Waals surface area contributed by atoms with Gasteiger partial charge in [-0.15, -0.1) is 0 Å². The molecule has 0 aromatic carbocycles. The zero-order chi connectivity index (χ0) is 12.9. The van der Waals surface area contributed by atoms with Gasteiger partial charge in [-0.25, -0.2) is 0 Å². The molecule has 1 rings (SSSR count). The van der Waals surface area contributed by atoms with E-state index in [1.54, 1.807) is 0 Å². The minimum Gasteiger partial charge on any atom is -0.368 e. The van der Waals surface area contributed by atoms with E-state index < -0.39 is 0 Å². The largest absolute Gasteiger partial charge is 0.368 e. The average Bonchev–Trinajstić information content (AvgIpc) is 2.77. The van der Waals surface area contributed by atoms with Gasteiger partial charge in [-0.2, -0.15) is 5.10 Å². The minimum atomic E-state index is -0.279. The maximum Gasteiger partial charge on any atom is 0.0914 e. The molecule has 1 heterocycles. The second-order valence-corrected chi connectivity index (χ2v) is 5.01. The summed E-state index contributed by atoms with van der Waals surface area (Å²) in [5.74, 6) is 0. The van der Waals surface area contributed by atoms with Crippen LogP contribution in [0, 0.1) is 0 Å². The third-order valence-electron chi connectivity index (χ3n) is 3.08. The summed E-state index contributed by atoms with van der Waals surface area (Å²) < 4.78 is 7.76. The summed E-state index contributed by atoms with van der Waals surface area (Å²) in [6.07, 6.45) is 4.24. The molecule has 1 aromatic rings. The highest BCUT2D eigenvalue weighted by Crippen LogP contribution is 2.16. The molecule has 0 bridgehead atoms. The first-order valence-electron chi connectivity index (χ1n) is 6.40. The summed E-state index contributed by atoms with van der Waals surface area (Å²) in [4.78, 5) is 0. The minimum absolute atomic E-state index is 0.279. The predicted molar refractivity (Wildman–Crippen MR) is 69.8 cm³/mol. The van der Waals surface area contributed by atoms with Crippen LogP contribution >= 0.6 is 0 Å². The monoisotopic (exact) mass is 239 g/mol. The van der Waals surface area contributed by atoms with Gasteiger partial charge in [0.2, 0.25) is 0 Å². The van der Waals surface area contributed by atoms with Crippen LogP contribution in [0.1, 0.15) is 52.3 Å². The molecule has 4 nitrogen and oxygen atoms in total. The fraction of sp³-hybridized carbons (Fsp3) is 0.769. The average molecular weight is 239 g/mol. The number of hydrogen-bond acceptors (Lipinski definition) is 3. The fourth-order valence-corrected chi connectivity index (χ4v) is 1.65. The van der Waals surface area contributed by atoms with Gasteiger partial charge in [0.1, 0.15) is 0 Å². The third kappa shape index (κ3) is 4.13. The van der Waals surface area contributed by atoms with Crippen molar-refractivity contribution in [2.45, 2.75) is 58.8 Å². The first-order valence-corrected chi connectivity index (χ1v) is 6.40. The maximum absolute atomic E-state index is 5.72. The molecule has 0 aliphatic rings. The van der Waals surface area contributed by atoms with Gasteiger partial charge >= 0.3 is 0 Å². The van der Waals surface area contributed by atoms with E-state index in [1.165, 1.54) is 0 Å². The van der Waals surface area contributed by atoms with E-state index in [-0.39, 0.29) is 5.60 Å². The Morgan fingerprint density at radius 3 is 2.59 bits per heavy atom. The molecule has 0 unspecified atom stereocenters. The van der Waals surface area contributed by atoms with E-state index in [1.807, 2.05) is 30.8 Å². The van der Waals surface area contributed by atoms with Crippen molar-refractivity contribution in [3.63, 3.8) is 0 Å². The Balaban J connectivity index is 2.57. The summed E-state index contributed by atoms with van der Waals surface area (Å²) in [5.41, 5.74) is 6.31. The van der Waals surface area contributed by atoms with Crippen molar-refractivity contribution in [2.24, 2.45) is 5.73 Å². The van der Waals surface area contributed by atoms with Gasteiger partial charge in [0.05, 0.1) is 23.9 Å². The van der Waals surface area contributed by atoms with Crippen LogP contribution in [0.3, 0.4) is 0 Å². The van der Waals surface area contributed by atoms with Gasteiger partial charge < -0.3 is 10.5 Å². The van der Waals surface area contributed by atoms with Gasteiger partial charge in [-0.1, -0.05) is 13.8 Å². The lowest BCUT2D eigenvalue weighted by Crippen LogP contribution is -2.33. The Morgan fingerprint density at radius 1 is 1.41 bits per heavy atom. The Hall–Kier alpha value is -0.870. The van der Waals surface area contributed by atoms with Gasteiger partial charge in [-0.3, -0.25) is 4.68 Å². The van der Waals surface area contributed by atoms with Crippen LogP contribution in [0.25, 0.3) is 0 Å². The van der Waals surface area contributed by atoms with E-state index in [0.717, 1.165) is 18.5 Å². The van der Waals surface area contributed by atoms with Crippen LogP contribution in [0.5, 0.6) is 0 Å². The van der Waals surface area contributed by atoms with Crippen LogP contribution in [0.15, 0.2) is 12.3 Å². The van der Waals surface area contributed by atoms with Gasteiger partial charge in [-0.05, 0) is 32.8 Å². The lowest BCUT2D eigenvalue weighted by atomic mass is 10.1. The van der Waals surface area contributed by atoms with Gasteiger partial charge in [0.25, 0.3) is 0 Å². The fourth-order valence-electron chi connectivity index (χ4n) is 1.65. The van der Waals surface area contributed by atoms with Gasteiger partial charge in [0, 0.05) is 12.7 Å². The topological polar surface area (TPSA) is 53.1 Å². The molecule has 0 amide bonds. The van der Waals surface area contributed by atoms with Crippen LogP contribution in [0.2, 0.25) is 0 Å². The SMILES string of the molecule is CCC(CC)n1ccc(COC(C)(C)CN)n1. The summed E-state index contributed by atoms with van der Waals surface area (Å²) in [6, 6.07) is 2.51. The summed E-state index contributed by atoms with van der Waals surface area (Å²) in [7, 11) is 0. The normalized spacial score (nSPS) is 12.4. The number of hydrogen-bond donors (Lipinski definition) is 1. The van der Waals surface area contributed by atoms with Crippen molar-refractivity contribution in [3.8, 4) is 0 Å². The molecular weight excluding hydrogens is 214 g/mol. The van der Waals surface area contributed by atoms with Crippen LogP contribution in [0.4, 0.5) is 0 Å². The smallest absolute Gasteiger partial charge is 0.0914 e. The van der Waals surface area contributed by atoms with E-state index in [2.05, 4.69) is 18.9 Å². The van der Waals surface area contributed by atoms with Crippen LogP contribution in [-0.4, -0.2) is 21.9 Å². The number of aromatic nitrogens is 2. The highest BCUT2D eigenvalue weighted by atomic mass is 16.5. The standard InChI is InChI=1S/C13H25N3O/c1-5-12(6-2)16-8-7-11(15-16)9-17-13(3,4)10-14/h7-8,12H,5-6,9-10,14H2,1-4H3. The van der Waals surface area contributed by atoms with Crippen molar-refractivity contribution < 1.29 is 4.74 Å². The van der Waals surface area contributed by atoms with Crippen molar-refractivity contribution in [2.75, 3.05) is 6.54 Å². The second-order valence-electron chi connectivity index (χ2n) is 5.01. The van der Waals surface area contributed by atoms with Crippen LogP contribution in [-0.2, 0) is 11.3 Å². The van der Waals surface area contributed by atoms with Crippen molar-refractivity contribution in [1.82, 2.24) is 9.78 Å². The molecule has 0 aliphatic heterocycles. The predicted octanol–water partition coefficient (Wildman–Crippen LogP) is 2.50. The molecular formula is C13H25N3O. The molecule has 2 N–H and O–H groups in total. The highest BCUT2D eigenvalue weighted by Gasteiger charge is 2.16. The maximum atomic E-state index is 5.72. The zero-order valence-corrected chi connectivity index (χ0v) is 11.4. The molecule has 4 heteroatoms. The molecule has 1 aromatic heterocycles. The molecule has 0 spiro atoms. The van der Waals surface area contributed by atoms with E-state index in [0.29, 0.717) is 19.2 Å². The molecule has 0 fully saturated rings. The molecule has 98 valence electrons. The number of ether oxygens (including phenoxy) is 1. The number of nitrogens with two attached hydrogens (primary N) is 1. The van der Waals surface area contributed by atoms with E-state index in [9.17, 15) is 0 Å². The van der Waals surface area contributed by atoms with Gasteiger partial charge in [0.15, 0.2) is 0 Å². The summed E-state index contributed by atoms with van der Waals surface area (Å²) >= 11 is 0. The Morgan fingerprint density at radius 2 is 2.06 bits per heavy atom. The van der Waals surface area contributed by atoms with Crippen molar-refractivity contribution in [1.29, 1.82) is 0 Å². The Bertz CT molecular complexity index is 329. The Labute approximate surface area is 104 Å². The van der Waals surface area contributed by atoms with Crippen molar-refractivity contribution >= 4 is 0 Å².